The summed E-state index contributed by atoms with van der Waals surface area (Å²) in [7, 11) is 0. The van der Waals surface area contributed by atoms with Crippen molar-refractivity contribution in [3.63, 3.8) is 0 Å². The van der Waals surface area contributed by atoms with E-state index in [2.05, 4.69) is 6.92 Å². The molecule has 0 amide bonds. The zero-order valence-corrected chi connectivity index (χ0v) is 13.2. The summed E-state index contributed by atoms with van der Waals surface area (Å²) in [4.78, 5) is 23.4. The number of ketones is 1. The Labute approximate surface area is 131 Å². The van der Waals surface area contributed by atoms with Gasteiger partial charge in [-0.2, -0.15) is 0 Å². The lowest BCUT2D eigenvalue weighted by atomic mass is 9.59. The van der Waals surface area contributed by atoms with Crippen LogP contribution in [-0.2, 0) is 9.59 Å². The molecular weight excluding hydrogens is 276 g/mol. The topological polar surface area (TPSA) is 54.4 Å². The summed E-state index contributed by atoms with van der Waals surface area (Å²) in [5.41, 5.74) is 1.62. The first kappa shape index (κ1) is 13.5. The number of fused-ring (bicyclic) bond motifs is 1. The van der Waals surface area contributed by atoms with Gasteiger partial charge in [0.1, 0.15) is 6.29 Å². The first-order valence-electron chi connectivity index (χ1n) is 8.88. The third kappa shape index (κ3) is 1.13. The molecule has 22 heavy (non-hydrogen) atoms. The molecule has 5 rings (SSSR count). The van der Waals surface area contributed by atoms with E-state index in [1.165, 1.54) is 5.57 Å². The molecule has 0 bridgehead atoms. The fourth-order valence-corrected chi connectivity index (χ4v) is 8.01. The molecule has 3 heteroatoms. The van der Waals surface area contributed by atoms with Crippen molar-refractivity contribution in [2.75, 3.05) is 0 Å². The van der Waals surface area contributed by atoms with E-state index in [4.69, 9.17) is 0 Å². The quantitative estimate of drug-likeness (QED) is 0.758. The molecule has 1 N–H and O–H groups in total. The van der Waals surface area contributed by atoms with Crippen LogP contribution in [0.2, 0.25) is 0 Å². The van der Waals surface area contributed by atoms with Crippen molar-refractivity contribution >= 4 is 12.1 Å². The van der Waals surface area contributed by atoms with E-state index >= 15 is 0 Å². The highest BCUT2D eigenvalue weighted by Crippen LogP contribution is 2.90. The van der Waals surface area contributed by atoms with Gasteiger partial charge in [0, 0.05) is 23.7 Å². The Kier molecular flexibility index (Phi) is 2.29. The summed E-state index contributed by atoms with van der Waals surface area (Å²) >= 11 is 0. The normalized spacial score (nSPS) is 58.3. The van der Waals surface area contributed by atoms with Gasteiger partial charge in [-0.15, -0.1) is 0 Å². The SMILES string of the molecule is CC12CC(O)C3C45CCC(=O)C=C4CCC35C1CCC2C=O. The van der Waals surface area contributed by atoms with Crippen molar-refractivity contribution in [1.29, 1.82) is 0 Å². The lowest BCUT2D eigenvalue weighted by Gasteiger charge is -2.45. The number of aldehydes is 1. The molecule has 0 aromatic rings. The first-order chi connectivity index (χ1) is 10.5. The van der Waals surface area contributed by atoms with E-state index in [0.717, 1.165) is 44.8 Å². The molecule has 0 saturated heterocycles. The van der Waals surface area contributed by atoms with Crippen LogP contribution in [0.25, 0.3) is 0 Å². The van der Waals surface area contributed by atoms with Crippen molar-refractivity contribution in [1.82, 2.24) is 0 Å². The molecule has 0 aromatic heterocycles. The monoisotopic (exact) mass is 300 g/mol. The second-order valence-corrected chi connectivity index (χ2v) is 8.78. The van der Waals surface area contributed by atoms with E-state index in [0.29, 0.717) is 18.3 Å². The van der Waals surface area contributed by atoms with Gasteiger partial charge in [-0.05, 0) is 61.3 Å². The van der Waals surface area contributed by atoms with Crippen molar-refractivity contribution in [3.05, 3.63) is 11.6 Å². The molecule has 5 aliphatic rings. The largest absolute Gasteiger partial charge is 0.393 e. The summed E-state index contributed by atoms with van der Waals surface area (Å²) in [6.45, 7) is 2.25. The van der Waals surface area contributed by atoms with Crippen LogP contribution in [0.15, 0.2) is 11.6 Å². The molecule has 3 nitrogen and oxygen atoms in total. The van der Waals surface area contributed by atoms with Gasteiger partial charge in [-0.1, -0.05) is 12.5 Å². The van der Waals surface area contributed by atoms with E-state index < -0.39 is 0 Å². The van der Waals surface area contributed by atoms with Crippen LogP contribution in [0.4, 0.5) is 0 Å². The van der Waals surface area contributed by atoms with Gasteiger partial charge in [0.05, 0.1) is 6.10 Å². The third-order valence-electron chi connectivity index (χ3n) is 8.54. The Balaban J connectivity index is 1.66. The van der Waals surface area contributed by atoms with Crippen molar-refractivity contribution in [2.24, 2.45) is 34.0 Å². The van der Waals surface area contributed by atoms with Crippen LogP contribution in [-0.4, -0.2) is 23.3 Å². The Morgan fingerprint density at radius 3 is 2.86 bits per heavy atom. The van der Waals surface area contributed by atoms with Crippen LogP contribution in [0, 0.1) is 34.0 Å². The van der Waals surface area contributed by atoms with Crippen LogP contribution in [0.3, 0.4) is 0 Å². The third-order valence-corrected chi connectivity index (χ3v) is 8.54. The van der Waals surface area contributed by atoms with Gasteiger partial charge in [-0.3, -0.25) is 4.79 Å². The smallest absolute Gasteiger partial charge is 0.155 e. The molecule has 4 fully saturated rings. The number of hydrogen-bond donors (Lipinski definition) is 1. The number of aliphatic hydroxyl groups is 1. The number of allylic oxidation sites excluding steroid dienone is 1. The van der Waals surface area contributed by atoms with E-state index in [9.17, 15) is 14.7 Å². The maximum atomic E-state index is 11.9. The summed E-state index contributed by atoms with van der Waals surface area (Å²) in [6.07, 6.45) is 9.41. The van der Waals surface area contributed by atoms with Gasteiger partial charge in [0.25, 0.3) is 0 Å². The number of aliphatic hydroxyl groups excluding tert-OH is 1. The van der Waals surface area contributed by atoms with Crippen molar-refractivity contribution in [2.45, 2.75) is 58.0 Å². The molecule has 4 saturated carbocycles. The number of carbonyl (C=O) groups excluding carboxylic acids is 2. The molecule has 5 aliphatic carbocycles. The highest BCUT2D eigenvalue weighted by atomic mass is 16.3. The standard InChI is InChI=1S/C19H24O3/c1-17-9-14(22)16-18-7-5-13(21)8-11(18)4-6-19(16,18)15(17)3-2-12(17)10-20/h8,10,12,14-16,22H,2-7,9H2,1H3. The van der Waals surface area contributed by atoms with E-state index in [-0.39, 0.29) is 34.1 Å². The number of rotatable bonds is 1. The average Bonchev–Trinajstić information content (AvgIpc) is 2.72. The Morgan fingerprint density at radius 1 is 1.27 bits per heavy atom. The fourth-order valence-electron chi connectivity index (χ4n) is 8.01. The molecule has 0 heterocycles. The molecule has 7 unspecified atom stereocenters. The number of hydrogen-bond acceptors (Lipinski definition) is 3. The minimum Gasteiger partial charge on any atom is -0.393 e. The van der Waals surface area contributed by atoms with E-state index in [1.54, 1.807) is 0 Å². The van der Waals surface area contributed by atoms with Crippen molar-refractivity contribution < 1.29 is 14.7 Å². The Morgan fingerprint density at radius 2 is 2.09 bits per heavy atom. The second-order valence-electron chi connectivity index (χ2n) is 8.78. The van der Waals surface area contributed by atoms with Gasteiger partial charge in [0.2, 0.25) is 0 Å². The second kappa shape index (κ2) is 3.75. The van der Waals surface area contributed by atoms with Crippen LogP contribution in [0.5, 0.6) is 0 Å². The lowest BCUT2D eigenvalue weighted by molar-refractivity contribution is -0.117. The molecular formula is C19H24O3. The number of carbonyl (C=O) groups is 2. The summed E-state index contributed by atoms with van der Waals surface area (Å²) in [5, 5.41) is 10.9. The molecule has 7 atom stereocenters. The lowest BCUT2D eigenvalue weighted by Crippen LogP contribution is -2.44. The molecule has 118 valence electrons. The highest BCUT2D eigenvalue weighted by molar-refractivity contribution is 5.92. The predicted octanol–water partition coefficient (Wildman–Crippen LogP) is 2.67. The minimum absolute atomic E-state index is 0.0297. The summed E-state index contributed by atoms with van der Waals surface area (Å²) in [6, 6.07) is 0. The van der Waals surface area contributed by atoms with Gasteiger partial charge >= 0.3 is 0 Å². The molecule has 0 radical (unpaired) electrons. The van der Waals surface area contributed by atoms with Crippen LogP contribution in [0.1, 0.15) is 51.9 Å². The van der Waals surface area contributed by atoms with Crippen molar-refractivity contribution in [3.8, 4) is 0 Å². The zero-order chi connectivity index (χ0) is 15.3. The van der Waals surface area contributed by atoms with Crippen LogP contribution < -0.4 is 0 Å². The Hall–Kier alpha value is -0.960. The van der Waals surface area contributed by atoms with Gasteiger partial charge in [-0.25, -0.2) is 0 Å². The van der Waals surface area contributed by atoms with Gasteiger partial charge < -0.3 is 9.90 Å². The summed E-state index contributed by atoms with van der Waals surface area (Å²) < 4.78 is 0. The minimum atomic E-state index is -0.293. The molecule has 0 aromatic carbocycles. The molecule has 2 spiro atoms. The van der Waals surface area contributed by atoms with E-state index in [1.807, 2.05) is 6.08 Å². The predicted molar refractivity (Wildman–Crippen MR) is 80.9 cm³/mol. The summed E-state index contributed by atoms with van der Waals surface area (Å²) in [5.74, 6) is 1.30. The zero-order valence-electron chi connectivity index (χ0n) is 13.2. The fraction of sp³-hybridized carbons (Fsp3) is 0.789. The average molecular weight is 300 g/mol. The first-order valence-corrected chi connectivity index (χ1v) is 8.88. The van der Waals surface area contributed by atoms with Gasteiger partial charge in [0.15, 0.2) is 5.78 Å². The Bertz CT molecular complexity index is 622. The maximum absolute atomic E-state index is 11.9. The maximum Gasteiger partial charge on any atom is 0.155 e. The highest BCUT2D eigenvalue weighted by Gasteiger charge is 2.87. The van der Waals surface area contributed by atoms with Crippen LogP contribution >= 0.6 is 0 Å². The molecule has 0 aliphatic heterocycles.